The third-order valence-electron chi connectivity index (χ3n) is 3.88. The topological polar surface area (TPSA) is 64.4 Å². The maximum atomic E-state index is 12.1. The van der Waals surface area contributed by atoms with Crippen molar-refractivity contribution in [1.82, 2.24) is 10.5 Å². The second-order valence-corrected chi connectivity index (χ2v) is 5.61. The van der Waals surface area contributed by atoms with E-state index in [4.69, 9.17) is 9.26 Å². The van der Waals surface area contributed by atoms with E-state index >= 15 is 0 Å². The van der Waals surface area contributed by atoms with E-state index in [0.29, 0.717) is 12.5 Å². The first kappa shape index (κ1) is 14.6. The van der Waals surface area contributed by atoms with Crippen molar-refractivity contribution in [2.45, 2.75) is 44.8 Å². The zero-order chi connectivity index (χ0) is 15.2. The Hall–Kier alpha value is -2.30. The van der Waals surface area contributed by atoms with Crippen molar-refractivity contribution in [2.75, 3.05) is 0 Å². The number of rotatable bonds is 5. The van der Waals surface area contributed by atoms with Crippen LogP contribution in [0.15, 0.2) is 40.9 Å². The molecule has 5 nitrogen and oxygen atoms in total. The molecule has 116 valence electrons. The van der Waals surface area contributed by atoms with Crippen molar-refractivity contribution in [2.24, 2.45) is 0 Å². The van der Waals surface area contributed by atoms with Crippen LogP contribution in [0.3, 0.4) is 0 Å². The van der Waals surface area contributed by atoms with Crippen LogP contribution in [0.5, 0.6) is 5.88 Å². The third kappa shape index (κ3) is 3.87. The minimum atomic E-state index is -0.214. The van der Waals surface area contributed by atoms with Gasteiger partial charge in [-0.2, -0.15) is 0 Å². The third-order valence-corrected chi connectivity index (χ3v) is 3.88. The number of hydrogen-bond donors (Lipinski definition) is 1. The van der Waals surface area contributed by atoms with Gasteiger partial charge in [-0.15, -0.1) is 0 Å². The van der Waals surface area contributed by atoms with Gasteiger partial charge in [0.15, 0.2) is 0 Å². The highest BCUT2D eigenvalue weighted by atomic mass is 16.5. The van der Waals surface area contributed by atoms with Gasteiger partial charge in [-0.25, -0.2) is 0 Å². The molecule has 5 heteroatoms. The zero-order valence-electron chi connectivity index (χ0n) is 12.5. The predicted octanol–water partition coefficient (Wildman–Crippen LogP) is 3.32. The molecule has 1 aliphatic carbocycles. The zero-order valence-corrected chi connectivity index (χ0v) is 12.5. The molecule has 1 saturated carbocycles. The summed E-state index contributed by atoms with van der Waals surface area (Å²) in [6, 6.07) is 11.6. The van der Waals surface area contributed by atoms with Crippen LogP contribution in [0.25, 0.3) is 0 Å². The Morgan fingerprint density at radius 2 is 2.00 bits per heavy atom. The Labute approximate surface area is 129 Å². The molecule has 1 N–H and O–H groups in total. The molecule has 1 aliphatic rings. The van der Waals surface area contributed by atoms with Gasteiger partial charge in [-0.1, -0.05) is 49.6 Å². The van der Waals surface area contributed by atoms with Crippen LogP contribution in [-0.4, -0.2) is 17.1 Å². The minimum Gasteiger partial charge on any atom is -0.471 e. The van der Waals surface area contributed by atoms with Crippen LogP contribution in [0.2, 0.25) is 0 Å². The lowest BCUT2D eigenvalue weighted by molar-refractivity contribution is 0.0890. The van der Waals surface area contributed by atoms with Crippen molar-refractivity contribution < 1.29 is 14.1 Å². The Balaban J connectivity index is 1.52. The van der Waals surface area contributed by atoms with Crippen LogP contribution in [0.1, 0.15) is 48.2 Å². The van der Waals surface area contributed by atoms with E-state index in [-0.39, 0.29) is 17.7 Å². The van der Waals surface area contributed by atoms with E-state index < -0.39 is 0 Å². The molecule has 1 aromatic heterocycles. The molecule has 1 aromatic carbocycles. The fraction of sp³-hybridized carbons (Fsp3) is 0.412. The molecule has 2 aromatic rings. The summed E-state index contributed by atoms with van der Waals surface area (Å²) in [5.41, 5.74) is 1.04. The van der Waals surface area contributed by atoms with E-state index in [1.54, 1.807) is 6.07 Å². The first-order valence-electron chi connectivity index (χ1n) is 7.75. The summed E-state index contributed by atoms with van der Waals surface area (Å²) < 4.78 is 10.6. The molecule has 1 heterocycles. The molecule has 22 heavy (non-hydrogen) atoms. The van der Waals surface area contributed by atoms with Gasteiger partial charge in [0, 0.05) is 6.04 Å². The quantitative estimate of drug-likeness (QED) is 0.920. The molecular weight excluding hydrogens is 280 g/mol. The number of amides is 1. The normalized spacial score (nSPS) is 15.5. The van der Waals surface area contributed by atoms with Gasteiger partial charge in [-0.05, 0) is 23.6 Å². The van der Waals surface area contributed by atoms with E-state index in [1.165, 1.54) is 19.3 Å². The fourth-order valence-corrected chi connectivity index (χ4v) is 2.67. The highest BCUT2D eigenvalue weighted by molar-refractivity contribution is 5.91. The summed E-state index contributed by atoms with van der Waals surface area (Å²) in [6.45, 7) is 0.400. The number of ether oxygens (including phenoxy) is 1. The van der Waals surface area contributed by atoms with Crippen molar-refractivity contribution in [3.8, 4) is 5.88 Å². The SMILES string of the molecule is O=C(NC1CCCCC1)c1cc(OCc2ccccc2)no1. The van der Waals surface area contributed by atoms with Crippen LogP contribution in [0.4, 0.5) is 0 Å². The summed E-state index contributed by atoms with van der Waals surface area (Å²) in [5.74, 6) is 0.320. The number of carbonyl (C=O) groups is 1. The van der Waals surface area contributed by atoms with Gasteiger partial charge >= 0.3 is 0 Å². The molecule has 0 spiro atoms. The molecule has 1 fully saturated rings. The van der Waals surface area contributed by atoms with Gasteiger partial charge < -0.3 is 14.6 Å². The average Bonchev–Trinajstić information content (AvgIpc) is 3.04. The fourth-order valence-electron chi connectivity index (χ4n) is 2.67. The number of nitrogens with one attached hydrogen (secondary N) is 1. The highest BCUT2D eigenvalue weighted by Gasteiger charge is 2.19. The Kier molecular flexibility index (Phi) is 4.73. The summed E-state index contributed by atoms with van der Waals surface area (Å²) >= 11 is 0. The number of carbonyl (C=O) groups excluding carboxylic acids is 1. The van der Waals surface area contributed by atoms with Crippen LogP contribution >= 0.6 is 0 Å². The monoisotopic (exact) mass is 300 g/mol. The number of aromatic nitrogens is 1. The predicted molar refractivity (Wildman–Crippen MR) is 81.6 cm³/mol. The lowest BCUT2D eigenvalue weighted by atomic mass is 9.95. The van der Waals surface area contributed by atoms with Crippen LogP contribution in [0, 0.1) is 0 Å². The van der Waals surface area contributed by atoms with E-state index in [2.05, 4.69) is 10.5 Å². The average molecular weight is 300 g/mol. The summed E-state index contributed by atoms with van der Waals surface area (Å²) in [6.07, 6.45) is 5.68. The van der Waals surface area contributed by atoms with Gasteiger partial charge in [0.2, 0.25) is 5.76 Å². The first-order chi connectivity index (χ1) is 10.8. The molecule has 0 bridgehead atoms. The standard InChI is InChI=1S/C17H20N2O3/c20-17(18-14-9-5-2-6-10-14)15-11-16(19-22-15)21-12-13-7-3-1-4-8-13/h1,3-4,7-8,11,14H,2,5-6,9-10,12H2,(H,18,20). The van der Waals surface area contributed by atoms with Gasteiger partial charge in [-0.3, -0.25) is 4.79 Å². The largest absolute Gasteiger partial charge is 0.471 e. The highest BCUT2D eigenvalue weighted by Crippen LogP contribution is 2.19. The number of benzene rings is 1. The van der Waals surface area contributed by atoms with Crippen molar-refractivity contribution in [1.29, 1.82) is 0 Å². The van der Waals surface area contributed by atoms with Gasteiger partial charge in [0.1, 0.15) is 6.61 Å². The van der Waals surface area contributed by atoms with Gasteiger partial charge in [0.25, 0.3) is 11.8 Å². The second-order valence-electron chi connectivity index (χ2n) is 5.61. The smallest absolute Gasteiger partial charge is 0.290 e. The first-order valence-corrected chi connectivity index (χ1v) is 7.75. The minimum absolute atomic E-state index is 0.202. The van der Waals surface area contributed by atoms with Crippen molar-refractivity contribution >= 4 is 5.91 Å². The van der Waals surface area contributed by atoms with Crippen molar-refractivity contribution in [3.05, 3.63) is 47.7 Å². The number of hydrogen-bond acceptors (Lipinski definition) is 4. The maximum Gasteiger partial charge on any atom is 0.290 e. The van der Waals surface area contributed by atoms with E-state index in [1.807, 2.05) is 30.3 Å². The Morgan fingerprint density at radius 3 is 2.77 bits per heavy atom. The molecule has 0 radical (unpaired) electrons. The molecular formula is C17H20N2O3. The van der Waals surface area contributed by atoms with E-state index in [0.717, 1.165) is 18.4 Å². The second kappa shape index (κ2) is 7.11. The molecule has 0 unspecified atom stereocenters. The number of nitrogens with zero attached hydrogens (tertiary/aromatic N) is 1. The maximum absolute atomic E-state index is 12.1. The molecule has 0 saturated heterocycles. The van der Waals surface area contributed by atoms with Crippen LogP contribution in [-0.2, 0) is 6.61 Å². The summed E-state index contributed by atoms with van der Waals surface area (Å²) in [5, 5.41) is 6.78. The van der Waals surface area contributed by atoms with E-state index in [9.17, 15) is 4.79 Å². The van der Waals surface area contributed by atoms with Gasteiger partial charge in [0.05, 0.1) is 6.07 Å². The molecule has 0 atom stereocenters. The lowest BCUT2D eigenvalue weighted by Crippen LogP contribution is -2.35. The van der Waals surface area contributed by atoms with Crippen LogP contribution < -0.4 is 10.1 Å². The molecule has 3 rings (SSSR count). The Bertz CT molecular complexity index is 603. The lowest BCUT2D eigenvalue weighted by Gasteiger charge is -2.21. The van der Waals surface area contributed by atoms with Crippen molar-refractivity contribution in [3.63, 3.8) is 0 Å². The molecule has 0 aliphatic heterocycles. The summed E-state index contributed by atoms with van der Waals surface area (Å²) in [7, 11) is 0. The Morgan fingerprint density at radius 1 is 1.23 bits per heavy atom. The summed E-state index contributed by atoms with van der Waals surface area (Å²) in [4.78, 5) is 12.1. The molecule has 1 amide bonds.